The van der Waals surface area contributed by atoms with Crippen LogP contribution in [0.3, 0.4) is 0 Å². The summed E-state index contributed by atoms with van der Waals surface area (Å²) in [5.74, 6) is 1.71. The third-order valence-electron chi connectivity index (χ3n) is 4.56. The van der Waals surface area contributed by atoms with Gasteiger partial charge in [0.1, 0.15) is 11.6 Å². The molecule has 0 radical (unpaired) electrons. The maximum absolute atomic E-state index is 5.59. The summed E-state index contributed by atoms with van der Waals surface area (Å²) in [6.07, 6.45) is 11.7. The number of aryl methyl sites for hydroxylation is 1. The number of hydrogen-bond acceptors (Lipinski definition) is 3. The summed E-state index contributed by atoms with van der Waals surface area (Å²) in [6.45, 7) is 2.76. The summed E-state index contributed by atoms with van der Waals surface area (Å²) in [6, 6.07) is 16.5. The van der Waals surface area contributed by atoms with Crippen LogP contribution in [0.4, 0.5) is 0 Å². The summed E-state index contributed by atoms with van der Waals surface area (Å²) in [7, 11) is 1.68. The van der Waals surface area contributed by atoms with Gasteiger partial charge in [0, 0.05) is 25.1 Å². The number of nitrogens with zero attached hydrogens (tertiary/aromatic N) is 4. The number of aromatic nitrogens is 4. The minimum absolute atomic E-state index is 0.794. The first-order chi connectivity index (χ1) is 13.7. The number of methoxy groups -OCH3 is 1. The van der Waals surface area contributed by atoms with Crippen molar-refractivity contribution in [3.63, 3.8) is 0 Å². The fourth-order valence-electron chi connectivity index (χ4n) is 3.13. The van der Waals surface area contributed by atoms with Crippen molar-refractivity contribution in [3.8, 4) is 11.4 Å². The molecule has 2 aromatic heterocycles. The van der Waals surface area contributed by atoms with E-state index in [0.29, 0.717) is 0 Å². The quantitative estimate of drug-likeness (QED) is 0.498. The fraction of sp³-hybridized carbons (Fsp3) is 0.130. The molecule has 0 aliphatic rings. The first kappa shape index (κ1) is 17.8. The van der Waals surface area contributed by atoms with Crippen molar-refractivity contribution >= 4 is 12.2 Å². The van der Waals surface area contributed by atoms with E-state index < -0.39 is 0 Å². The molecule has 4 aromatic rings. The zero-order valence-electron chi connectivity index (χ0n) is 16.0. The van der Waals surface area contributed by atoms with Crippen LogP contribution in [0.2, 0.25) is 0 Å². The lowest BCUT2D eigenvalue weighted by Crippen LogP contribution is -2.00. The van der Waals surface area contributed by atoms with Crippen molar-refractivity contribution in [1.82, 2.24) is 19.1 Å². The van der Waals surface area contributed by atoms with E-state index in [1.165, 1.54) is 5.56 Å². The van der Waals surface area contributed by atoms with E-state index in [1.807, 2.05) is 54.4 Å². The van der Waals surface area contributed by atoms with E-state index in [2.05, 4.69) is 50.9 Å². The maximum atomic E-state index is 5.59. The molecule has 4 rings (SSSR count). The Morgan fingerprint density at radius 2 is 1.89 bits per heavy atom. The maximum Gasteiger partial charge on any atom is 0.143 e. The third kappa shape index (κ3) is 3.88. The molecule has 5 nitrogen and oxygen atoms in total. The average molecular weight is 370 g/mol. The van der Waals surface area contributed by atoms with Crippen LogP contribution in [0.25, 0.3) is 17.8 Å². The molecule has 140 valence electrons. The molecule has 5 heteroatoms. The van der Waals surface area contributed by atoms with Crippen molar-refractivity contribution in [2.24, 2.45) is 0 Å². The lowest BCUT2D eigenvalue weighted by molar-refractivity contribution is 0.413. The Kier molecular flexibility index (Phi) is 5.06. The highest BCUT2D eigenvalue weighted by Gasteiger charge is 2.07. The molecular weight excluding hydrogens is 348 g/mol. The molecule has 0 bridgehead atoms. The van der Waals surface area contributed by atoms with Crippen LogP contribution in [0, 0.1) is 6.92 Å². The summed E-state index contributed by atoms with van der Waals surface area (Å²) in [5, 5.41) is 0. The molecule has 0 atom stereocenters. The first-order valence-corrected chi connectivity index (χ1v) is 9.15. The summed E-state index contributed by atoms with van der Waals surface area (Å²) in [4.78, 5) is 8.76. The first-order valence-electron chi connectivity index (χ1n) is 9.15. The van der Waals surface area contributed by atoms with Gasteiger partial charge in [-0.05, 0) is 36.3 Å². The van der Waals surface area contributed by atoms with Crippen LogP contribution in [-0.4, -0.2) is 26.2 Å². The average Bonchev–Trinajstić information content (AvgIpc) is 3.35. The van der Waals surface area contributed by atoms with E-state index in [1.54, 1.807) is 13.4 Å². The van der Waals surface area contributed by atoms with E-state index in [-0.39, 0.29) is 0 Å². The van der Waals surface area contributed by atoms with Crippen LogP contribution in [0.15, 0.2) is 73.4 Å². The molecule has 0 fully saturated rings. The predicted octanol–water partition coefficient (Wildman–Crippen LogP) is 4.60. The van der Waals surface area contributed by atoms with Gasteiger partial charge in [0.25, 0.3) is 0 Å². The summed E-state index contributed by atoms with van der Waals surface area (Å²) in [5.41, 5.74) is 4.23. The van der Waals surface area contributed by atoms with Crippen LogP contribution < -0.4 is 4.74 Å². The second-order valence-electron chi connectivity index (χ2n) is 6.59. The van der Waals surface area contributed by atoms with Gasteiger partial charge >= 0.3 is 0 Å². The van der Waals surface area contributed by atoms with Gasteiger partial charge in [-0.25, -0.2) is 9.97 Å². The zero-order valence-corrected chi connectivity index (χ0v) is 16.0. The molecule has 0 saturated heterocycles. The second kappa shape index (κ2) is 7.96. The molecule has 2 aromatic carbocycles. The Hall–Kier alpha value is -3.60. The Morgan fingerprint density at radius 1 is 1.04 bits per heavy atom. The van der Waals surface area contributed by atoms with Crippen LogP contribution in [-0.2, 0) is 6.54 Å². The largest absolute Gasteiger partial charge is 0.495 e. The molecular formula is C23H22N4O. The van der Waals surface area contributed by atoms with Gasteiger partial charge in [-0.15, -0.1) is 0 Å². The van der Waals surface area contributed by atoms with Crippen molar-refractivity contribution in [2.75, 3.05) is 7.11 Å². The lowest BCUT2D eigenvalue weighted by atomic mass is 10.1. The number of ether oxygens (including phenoxy) is 1. The Bertz CT molecular complexity index is 1090. The molecule has 0 unspecified atom stereocenters. The summed E-state index contributed by atoms with van der Waals surface area (Å²) < 4.78 is 9.68. The number of benzene rings is 2. The zero-order chi connectivity index (χ0) is 19.3. The number of imidazole rings is 2. The van der Waals surface area contributed by atoms with Gasteiger partial charge in [0.15, 0.2) is 0 Å². The number of rotatable bonds is 6. The van der Waals surface area contributed by atoms with Crippen LogP contribution >= 0.6 is 0 Å². The topological polar surface area (TPSA) is 44.9 Å². The SMILES string of the molecule is COc1cc(C=Cc2nccn2Cc2ccccc2)ccc1-n1cnc(C)c1. The van der Waals surface area contributed by atoms with E-state index in [4.69, 9.17) is 4.74 Å². The van der Waals surface area contributed by atoms with E-state index >= 15 is 0 Å². The lowest BCUT2D eigenvalue weighted by Gasteiger charge is -2.10. The Balaban J connectivity index is 1.56. The standard InChI is InChI=1S/C23H22N4O/c1-18-15-27(17-25-18)21-10-8-19(14-22(21)28-2)9-11-23-24-12-13-26(23)16-20-6-4-3-5-7-20/h3-15,17H,16H2,1-2H3. The molecule has 0 N–H and O–H groups in total. The van der Waals surface area contributed by atoms with Gasteiger partial charge in [-0.2, -0.15) is 0 Å². The highest BCUT2D eigenvalue weighted by molar-refractivity contribution is 5.69. The van der Waals surface area contributed by atoms with Crippen molar-refractivity contribution in [1.29, 1.82) is 0 Å². The Morgan fingerprint density at radius 3 is 2.64 bits per heavy atom. The monoisotopic (exact) mass is 370 g/mol. The molecule has 2 heterocycles. The predicted molar refractivity (Wildman–Crippen MR) is 112 cm³/mol. The number of hydrogen-bond donors (Lipinski definition) is 0. The van der Waals surface area contributed by atoms with E-state index in [9.17, 15) is 0 Å². The van der Waals surface area contributed by atoms with Gasteiger partial charge in [0.2, 0.25) is 0 Å². The van der Waals surface area contributed by atoms with Gasteiger partial charge in [-0.1, -0.05) is 42.5 Å². The highest BCUT2D eigenvalue weighted by Crippen LogP contribution is 2.25. The highest BCUT2D eigenvalue weighted by atomic mass is 16.5. The molecule has 28 heavy (non-hydrogen) atoms. The minimum Gasteiger partial charge on any atom is -0.495 e. The van der Waals surface area contributed by atoms with Gasteiger partial charge < -0.3 is 13.9 Å². The fourth-order valence-corrected chi connectivity index (χ4v) is 3.13. The second-order valence-corrected chi connectivity index (χ2v) is 6.59. The third-order valence-corrected chi connectivity index (χ3v) is 4.56. The van der Waals surface area contributed by atoms with Gasteiger partial charge in [0.05, 0.1) is 24.8 Å². The molecule has 0 saturated carbocycles. The van der Waals surface area contributed by atoms with Gasteiger partial charge in [-0.3, -0.25) is 0 Å². The molecule has 0 spiro atoms. The molecule has 0 amide bonds. The molecule has 0 aliphatic heterocycles. The van der Waals surface area contributed by atoms with Crippen molar-refractivity contribution < 1.29 is 4.74 Å². The molecule has 0 aliphatic carbocycles. The van der Waals surface area contributed by atoms with Crippen molar-refractivity contribution in [3.05, 3.63) is 96.1 Å². The summed E-state index contributed by atoms with van der Waals surface area (Å²) >= 11 is 0. The normalized spacial score (nSPS) is 11.2. The van der Waals surface area contributed by atoms with Crippen molar-refractivity contribution in [2.45, 2.75) is 13.5 Å². The van der Waals surface area contributed by atoms with Crippen LogP contribution in [0.5, 0.6) is 5.75 Å². The smallest absolute Gasteiger partial charge is 0.143 e. The minimum atomic E-state index is 0.794. The van der Waals surface area contributed by atoms with E-state index in [0.717, 1.165) is 35.1 Å². The Labute approximate surface area is 164 Å². The van der Waals surface area contributed by atoms with Crippen LogP contribution in [0.1, 0.15) is 22.6 Å².